The largest absolute Gasteiger partial charge is 0.412 e. The van der Waals surface area contributed by atoms with E-state index in [9.17, 15) is 19.5 Å². The number of carbonyl (C=O) groups excluding carboxylic acids is 3. The second kappa shape index (κ2) is 13.2. The molecule has 3 aromatic rings. The first kappa shape index (κ1) is 30.1. The number of aryl methyl sites for hydroxylation is 2. The summed E-state index contributed by atoms with van der Waals surface area (Å²) in [6, 6.07) is 22.2. The number of hydrogen-bond donors (Lipinski definition) is 3. The molecule has 3 aromatic carbocycles. The Bertz CT molecular complexity index is 1360. The van der Waals surface area contributed by atoms with Crippen molar-refractivity contribution in [3.8, 4) is 5.75 Å². The number of nitrogens with one attached hydrogen (secondary N) is 2. The van der Waals surface area contributed by atoms with Gasteiger partial charge in [-0.15, -0.1) is 11.8 Å². The van der Waals surface area contributed by atoms with Gasteiger partial charge in [-0.3, -0.25) is 9.59 Å². The zero-order valence-electron chi connectivity index (χ0n) is 23.8. The van der Waals surface area contributed by atoms with E-state index in [0.717, 1.165) is 22.3 Å². The highest BCUT2D eigenvalue weighted by Gasteiger charge is 2.49. The molecule has 1 fully saturated rings. The van der Waals surface area contributed by atoms with Gasteiger partial charge in [0.1, 0.15) is 11.8 Å². The van der Waals surface area contributed by atoms with Crippen LogP contribution in [-0.4, -0.2) is 56.7 Å². The summed E-state index contributed by atoms with van der Waals surface area (Å²) in [5, 5.41) is 17.0. The van der Waals surface area contributed by atoms with Crippen molar-refractivity contribution < 1.29 is 24.2 Å². The van der Waals surface area contributed by atoms with Crippen LogP contribution in [0.3, 0.4) is 0 Å². The minimum atomic E-state index is -1.61. The van der Waals surface area contributed by atoms with Crippen molar-refractivity contribution in [1.82, 2.24) is 15.5 Å². The molecule has 0 radical (unpaired) electrons. The average molecular weight is 576 g/mol. The number of aliphatic hydroxyl groups is 1. The first-order valence-electron chi connectivity index (χ1n) is 13.6. The Morgan fingerprint density at radius 1 is 1.00 bits per heavy atom. The summed E-state index contributed by atoms with van der Waals surface area (Å²) in [5.41, 5.74) is 3.89. The van der Waals surface area contributed by atoms with E-state index in [4.69, 9.17) is 4.74 Å². The number of thioether (sulfide) groups is 1. The monoisotopic (exact) mass is 575 g/mol. The van der Waals surface area contributed by atoms with Gasteiger partial charge in [-0.2, -0.15) is 0 Å². The SMILES string of the molecule is Cc1ccc(OC(=O)N[C@@H](Cc2ccccc2)[C@H](O)C(=O)N2CSC(C)(C)[C@H]2C(=O)NCc2ccccc2C)cc1. The number of carbonyl (C=O) groups is 3. The van der Waals surface area contributed by atoms with Gasteiger partial charge in [0.25, 0.3) is 5.91 Å². The molecule has 0 spiro atoms. The van der Waals surface area contributed by atoms with Gasteiger partial charge in [0, 0.05) is 11.3 Å². The topological polar surface area (TPSA) is 108 Å². The normalized spacial score (nSPS) is 17.4. The van der Waals surface area contributed by atoms with Gasteiger partial charge in [0.2, 0.25) is 5.91 Å². The fourth-order valence-electron chi connectivity index (χ4n) is 4.85. The van der Waals surface area contributed by atoms with Crippen LogP contribution in [0, 0.1) is 13.8 Å². The van der Waals surface area contributed by atoms with E-state index >= 15 is 0 Å². The fraction of sp³-hybridized carbons (Fsp3) is 0.344. The summed E-state index contributed by atoms with van der Waals surface area (Å²) in [5.74, 6) is -0.349. The highest BCUT2D eigenvalue weighted by molar-refractivity contribution is 8.00. The van der Waals surface area contributed by atoms with Gasteiger partial charge in [-0.25, -0.2) is 4.79 Å². The van der Waals surface area contributed by atoms with E-state index in [1.165, 1.54) is 16.7 Å². The number of benzene rings is 3. The average Bonchev–Trinajstić information content (AvgIpc) is 3.27. The van der Waals surface area contributed by atoms with Crippen molar-refractivity contribution in [2.75, 3.05) is 5.88 Å². The molecule has 0 unspecified atom stereocenters. The maximum absolute atomic E-state index is 13.8. The second-order valence-electron chi connectivity index (χ2n) is 10.8. The molecule has 0 aromatic heterocycles. The minimum Gasteiger partial charge on any atom is -0.410 e. The quantitative estimate of drug-likeness (QED) is 0.350. The van der Waals surface area contributed by atoms with E-state index in [2.05, 4.69) is 10.6 Å². The van der Waals surface area contributed by atoms with Crippen LogP contribution in [0.1, 0.15) is 36.1 Å². The molecule has 1 heterocycles. The van der Waals surface area contributed by atoms with E-state index in [1.807, 2.05) is 94.4 Å². The minimum absolute atomic E-state index is 0.186. The number of nitrogens with zero attached hydrogens (tertiary/aromatic N) is 1. The summed E-state index contributed by atoms with van der Waals surface area (Å²) in [6.07, 6.45) is -2.21. The maximum Gasteiger partial charge on any atom is 0.412 e. The number of hydrogen-bond acceptors (Lipinski definition) is 6. The van der Waals surface area contributed by atoms with E-state index in [0.29, 0.717) is 12.3 Å². The van der Waals surface area contributed by atoms with Gasteiger partial charge in [-0.05, 0) is 62.9 Å². The lowest BCUT2D eigenvalue weighted by Crippen LogP contribution is -2.58. The Labute approximate surface area is 245 Å². The molecule has 3 N–H and O–H groups in total. The van der Waals surface area contributed by atoms with Crippen molar-refractivity contribution in [2.24, 2.45) is 0 Å². The first-order chi connectivity index (χ1) is 19.5. The Kier molecular flexibility index (Phi) is 9.73. The van der Waals surface area contributed by atoms with Gasteiger partial charge in [-0.1, -0.05) is 72.3 Å². The number of aliphatic hydroxyl groups excluding tert-OH is 1. The van der Waals surface area contributed by atoms with Crippen molar-refractivity contribution in [3.05, 3.63) is 101 Å². The van der Waals surface area contributed by atoms with Crippen molar-refractivity contribution in [2.45, 2.75) is 63.6 Å². The van der Waals surface area contributed by atoms with E-state index in [1.54, 1.807) is 12.1 Å². The van der Waals surface area contributed by atoms with Crippen molar-refractivity contribution in [3.63, 3.8) is 0 Å². The van der Waals surface area contributed by atoms with Crippen LogP contribution in [0.15, 0.2) is 78.9 Å². The molecule has 0 saturated carbocycles. The van der Waals surface area contributed by atoms with Crippen LogP contribution < -0.4 is 15.4 Å². The molecule has 0 bridgehead atoms. The Hall–Kier alpha value is -3.82. The molecule has 9 heteroatoms. The fourth-order valence-corrected chi connectivity index (χ4v) is 5.99. The molecule has 3 amide bonds. The Balaban J connectivity index is 1.50. The predicted molar refractivity (Wildman–Crippen MR) is 160 cm³/mol. The Morgan fingerprint density at radius 2 is 1.66 bits per heavy atom. The molecule has 1 aliphatic rings. The zero-order valence-corrected chi connectivity index (χ0v) is 24.6. The van der Waals surface area contributed by atoms with E-state index in [-0.39, 0.29) is 18.2 Å². The molecule has 4 rings (SSSR count). The van der Waals surface area contributed by atoms with Crippen LogP contribution in [-0.2, 0) is 22.6 Å². The molecular weight excluding hydrogens is 538 g/mol. The summed E-state index contributed by atoms with van der Waals surface area (Å²) >= 11 is 1.47. The van der Waals surface area contributed by atoms with Gasteiger partial charge < -0.3 is 25.4 Å². The third-order valence-electron chi connectivity index (χ3n) is 7.26. The predicted octanol–water partition coefficient (Wildman–Crippen LogP) is 4.36. The van der Waals surface area contributed by atoms with Gasteiger partial charge in [0.05, 0.1) is 11.9 Å². The summed E-state index contributed by atoms with van der Waals surface area (Å²) < 4.78 is 4.83. The number of ether oxygens (including phenoxy) is 1. The standard InChI is InChI=1S/C32H37N3O5S/c1-21-14-16-25(17-15-21)40-31(39)34-26(18-23-11-6-5-7-12-23)27(36)30(38)35-20-41-32(3,4)28(35)29(37)33-19-24-13-9-8-10-22(24)2/h5-17,26-28,36H,18-20H2,1-4H3,(H,33,37)(H,34,39)/t26-,27-,28+/m0/s1. The van der Waals surface area contributed by atoms with Crippen LogP contribution in [0.25, 0.3) is 0 Å². The molecule has 1 saturated heterocycles. The molecular formula is C32H37N3O5S. The third-order valence-corrected chi connectivity index (χ3v) is 8.63. The van der Waals surface area contributed by atoms with Crippen LogP contribution in [0.4, 0.5) is 4.79 Å². The van der Waals surface area contributed by atoms with Crippen LogP contribution >= 0.6 is 11.8 Å². The summed E-state index contributed by atoms with van der Waals surface area (Å²) in [7, 11) is 0. The van der Waals surface area contributed by atoms with Crippen molar-refractivity contribution in [1.29, 1.82) is 0 Å². The number of amides is 3. The number of rotatable bonds is 9. The van der Waals surface area contributed by atoms with Crippen LogP contribution in [0.5, 0.6) is 5.75 Å². The van der Waals surface area contributed by atoms with Crippen LogP contribution in [0.2, 0.25) is 0 Å². The van der Waals surface area contributed by atoms with Gasteiger partial charge >= 0.3 is 6.09 Å². The highest BCUT2D eigenvalue weighted by Crippen LogP contribution is 2.40. The smallest absolute Gasteiger partial charge is 0.410 e. The molecule has 0 aliphatic carbocycles. The van der Waals surface area contributed by atoms with Crippen molar-refractivity contribution >= 4 is 29.7 Å². The molecule has 41 heavy (non-hydrogen) atoms. The Morgan fingerprint density at radius 3 is 2.34 bits per heavy atom. The molecule has 1 aliphatic heterocycles. The first-order valence-corrected chi connectivity index (χ1v) is 14.6. The molecule has 3 atom stereocenters. The lowest BCUT2D eigenvalue weighted by atomic mass is 9.97. The lowest BCUT2D eigenvalue weighted by molar-refractivity contribution is -0.147. The third kappa shape index (κ3) is 7.68. The summed E-state index contributed by atoms with van der Waals surface area (Å²) in [4.78, 5) is 41.5. The maximum atomic E-state index is 13.8. The van der Waals surface area contributed by atoms with E-state index < -0.39 is 34.9 Å². The summed E-state index contributed by atoms with van der Waals surface area (Å²) in [6.45, 7) is 8.06. The lowest BCUT2D eigenvalue weighted by Gasteiger charge is -2.33. The second-order valence-corrected chi connectivity index (χ2v) is 12.4. The van der Waals surface area contributed by atoms with Gasteiger partial charge in [0.15, 0.2) is 6.10 Å². The highest BCUT2D eigenvalue weighted by atomic mass is 32.2. The zero-order chi connectivity index (χ0) is 29.6. The molecule has 8 nitrogen and oxygen atoms in total. The molecule has 216 valence electrons.